The summed E-state index contributed by atoms with van der Waals surface area (Å²) in [6, 6.07) is 6.01. The summed E-state index contributed by atoms with van der Waals surface area (Å²) in [6.45, 7) is 7.17. The predicted molar refractivity (Wildman–Crippen MR) is 118 cm³/mol. The van der Waals surface area contributed by atoms with Gasteiger partial charge in [0.25, 0.3) is 0 Å². The highest BCUT2D eigenvalue weighted by Gasteiger charge is 2.28. The molecule has 1 atom stereocenters. The lowest BCUT2D eigenvalue weighted by atomic mass is 10.0. The number of hydrogen-bond acceptors (Lipinski definition) is 7. The van der Waals surface area contributed by atoms with Crippen molar-refractivity contribution in [3.05, 3.63) is 40.7 Å². The number of nitrogens with one attached hydrogen (secondary N) is 1. The van der Waals surface area contributed by atoms with Crippen molar-refractivity contribution in [2.45, 2.75) is 52.7 Å². The Hall–Kier alpha value is -2.68. The first-order valence-electron chi connectivity index (χ1n) is 10.5. The highest BCUT2D eigenvalue weighted by atomic mass is 16.7. The molecule has 0 spiro atoms. The summed E-state index contributed by atoms with van der Waals surface area (Å²) in [7, 11) is 4.98. The molecule has 3 heterocycles. The van der Waals surface area contributed by atoms with Gasteiger partial charge >= 0.3 is 0 Å². The minimum atomic E-state index is -0.383. The van der Waals surface area contributed by atoms with E-state index in [0.717, 1.165) is 57.3 Å². The van der Waals surface area contributed by atoms with E-state index in [1.165, 1.54) is 0 Å². The lowest BCUT2D eigenvalue weighted by Gasteiger charge is -2.26. The number of aryl methyl sites for hydroxylation is 2. The lowest BCUT2D eigenvalue weighted by molar-refractivity contribution is -0.112. The van der Waals surface area contributed by atoms with Crippen LogP contribution in [0.5, 0.6) is 5.75 Å². The highest BCUT2D eigenvalue weighted by Crippen LogP contribution is 2.36. The van der Waals surface area contributed by atoms with E-state index >= 15 is 0 Å². The molecule has 166 valence electrons. The molecule has 0 amide bonds. The normalized spacial score (nSPS) is 14.3. The third kappa shape index (κ3) is 3.75. The molecule has 0 saturated carbocycles. The molecule has 0 bridgehead atoms. The fraction of sp³-hybridized carbons (Fsp3) is 0.478. The van der Waals surface area contributed by atoms with Gasteiger partial charge in [-0.05, 0) is 43.5 Å². The van der Waals surface area contributed by atoms with Gasteiger partial charge in [-0.15, -0.1) is 0 Å². The number of benzene rings is 1. The minimum Gasteiger partial charge on any atom is -0.497 e. The zero-order chi connectivity index (χ0) is 22.1. The minimum absolute atomic E-state index is 0.0546. The molecule has 1 aliphatic heterocycles. The summed E-state index contributed by atoms with van der Waals surface area (Å²) < 4.78 is 24.0. The topological polar surface area (TPSA) is 79.1 Å². The van der Waals surface area contributed by atoms with Crippen LogP contribution >= 0.6 is 0 Å². The van der Waals surface area contributed by atoms with Gasteiger partial charge in [0.05, 0.1) is 37.8 Å². The first-order valence-corrected chi connectivity index (χ1v) is 10.5. The Kier molecular flexibility index (Phi) is 6.13. The van der Waals surface area contributed by atoms with Gasteiger partial charge in [0.1, 0.15) is 11.6 Å². The van der Waals surface area contributed by atoms with E-state index in [-0.39, 0.29) is 12.3 Å². The van der Waals surface area contributed by atoms with Gasteiger partial charge in [-0.1, -0.05) is 13.0 Å². The van der Waals surface area contributed by atoms with Gasteiger partial charge in [0.15, 0.2) is 11.9 Å². The second-order valence-electron chi connectivity index (χ2n) is 7.75. The fourth-order valence-corrected chi connectivity index (χ4v) is 4.23. The molecule has 0 fully saturated rings. The SMILES string of the molecule is CC[C@@H](Nc1c2c(nc3c(-c4ccc(OC)cc4C)c(C)nn13)COC2)C(OC)OC. The van der Waals surface area contributed by atoms with Crippen molar-refractivity contribution in [2.24, 2.45) is 0 Å². The van der Waals surface area contributed by atoms with E-state index in [0.29, 0.717) is 13.2 Å². The van der Waals surface area contributed by atoms with Crippen LogP contribution in [0.2, 0.25) is 0 Å². The first kappa shape index (κ1) is 21.5. The Morgan fingerprint density at radius 1 is 1.16 bits per heavy atom. The average molecular weight is 427 g/mol. The second kappa shape index (κ2) is 8.82. The third-order valence-corrected chi connectivity index (χ3v) is 5.87. The summed E-state index contributed by atoms with van der Waals surface area (Å²) >= 11 is 0. The fourth-order valence-electron chi connectivity index (χ4n) is 4.23. The number of rotatable bonds is 8. The van der Waals surface area contributed by atoms with E-state index in [1.54, 1.807) is 21.3 Å². The molecule has 0 aliphatic carbocycles. The molecule has 3 aromatic rings. The largest absolute Gasteiger partial charge is 0.497 e. The molecule has 0 unspecified atom stereocenters. The van der Waals surface area contributed by atoms with Crippen LogP contribution in [-0.4, -0.2) is 48.3 Å². The van der Waals surface area contributed by atoms with Crippen molar-refractivity contribution in [3.8, 4) is 16.9 Å². The van der Waals surface area contributed by atoms with Gasteiger partial charge in [-0.2, -0.15) is 9.61 Å². The summed E-state index contributed by atoms with van der Waals surface area (Å²) in [4.78, 5) is 4.96. The molecule has 1 N–H and O–H groups in total. The van der Waals surface area contributed by atoms with Crippen LogP contribution < -0.4 is 10.1 Å². The first-order chi connectivity index (χ1) is 15.0. The third-order valence-electron chi connectivity index (χ3n) is 5.87. The Labute approximate surface area is 182 Å². The monoisotopic (exact) mass is 426 g/mol. The number of hydrogen-bond donors (Lipinski definition) is 1. The number of anilines is 1. The smallest absolute Gasteiger partial charge is 0.176 e. The molecule has 0 saturated heterocycles. The van der Waals surface area contributed by atoms with Crippen LogP contribution in [0.25, 0.3) is 16.8 Å². The van der Waals surface area contributed by atoms with Crippen molar-refractivity contribution in [3.63, 3.8) is 0 Å². The predicted octanol–water partition coefficient (Wildman–Crippen LogP) is 3.86. The van der Waals surface area contributed by atoms with Crippen LogP contribution in [0.1, 0.15) is 35.9 Å². The van der Waals surface area contributed by atoms with Gasteiger partial charge in [0.2, 0.25) is 0 Å². The van der Waals surface area contributed by atoms with E-state index in [4.69, 9.17) is 29.0 Å². The number of methoxy groups -OCH3 is 3. The summed E-state index contributed by atoms with van der Waals surface area (Å²) in [5.41, 5.74) is 6.89. The molecular weight excluding hydrogens is 396 g/mol. The number of nitrogens with zero attached hydrogens (tertiary/aromatic N) is 3. The van der Waals surface area contributed by atoms with E-state index < -0.39 is 0 Å². The van der Waals surface area contributed by atoms with Crippen molar-refractivity contribution >= 4 is 11.5 Å². The molecule has 8 heteroatoms. The molecule has 1 aromatic carbocycles. The van der Waals surface area contributed by atoms with Gasteiger partial charge in [-0.3, -0.25) is 0 Å². The average Bonchev–Trinajstić information content (AvgIpc) is 3.37. The maximum Gasteiger partial charge on any atom is 0.176 e. The molecule has 0 radical (unpaired) electrons. The van der Waals surface area contributed by atoms with Crippen LogP contribution in [-0.2, 0) is 27.4 Å². The number of aromatic nitrogens is 3. The lowest BCUT2D eigenvalue weighted by Crippen LogP contribution is -2.37. The van der Waals surface area contributed by atoms with Crippen molar-refractivity contribution < 1.29 is 18.9 Å². The zero-order valence-corrected chi connectivity index (χ0v) is 19.0. The molecule has 4 rings (SSSR count). The van der Waals surface area contributed by atoms with E-state index in [2.05, 4.69) is 25.2 Å². The Balaban J connectivity index is 1.89. The van der Waals surface area contributed by atoms with Crippen LogP contribution in [0, 0.1) is 13.8 Å². The van der Waals surface area contributed by atoms with Gasteiger partial charge < -0.3 is 24.3 Å². The van der Waals surface area contributed by atoms with Crippen molar-refractivity contribution in [1.29, 1.82) is 0 Å². The Bertz CT molecular complexity index is 1090. The molecule has 31 heavy (non-hydrogen) atoms. The molecule has 8 nitrogen and oxygen atoms in total. The number of fused-ring (bicyclic) bond motifs is 2. The molecular formula is C23H30N4O4. The number of ether oxygens (including phenoxy) is 4. The Morgan fingerprint density at radius 3 is 2.58 bits per heavy atom. The maximum absolute atomic E-state index is 5.73. The van der Waals surface area contributed by atoms with E-state index in [9.17, 15) is 0 Å². The summed E-state index contributed by atoms with van der Waals surface area (Å²) in [6.07, 6.45) is 0.433. The van der Waals surface area contributed by atoms with Crippen LogP contribution in [0.15, 0.2) is 18.2 Å². The maximum atomic E-state index is 5.73. The molecule has 1 aliphatic rings. The van der Waals surface area contributed by atoms with Crippen LogP contribution in [0.4, 0.5) is 5.82 Å². The second-order valence-corrected chi connectivity index (χ2v) is 7.75. The van der Waals surface area contributed by atoms with Gasteiger partial charge in [0, 0.05) is 25.3 Å². The van der Waals surface area contributed by atoms with E-state index in [1.807, 2.05) is 23.6 Å². The van der Waals surface area contributed by atoms with Gasteiger partial charge in [-0.25, -0.2) is 4.98 Å². The van der Waals surface area contributed by atoms with Crippen molar-refractivity contribution in [1.82, 2.24) is 14.6 Å². The van der Waals surface area contributed by atoms with Crippen LogP contribution in [0.3, 0.4) is 0 Å². The quantitative estimate of drug-likeness (QED) is 0.548. The molecule has 2 aromatic heterocycles. The Morgan fingerprint density at radius 2 is 1.94 bits per heavy atom. The summed E-state index contributed by atoms with van der Waals surface area (Å²) in [5, 5.41) is 8.48. The standard InChI is InChI=1S/C23H30N4O4/c1-7-18(23(29-5)30-6)24-21-17-11-31-12-19(17)25-22-20(14(3)26-27(21)22)16-9-8-15(28-4)10-13(16)2/h8-10,18,23-24H,7,11-12H2,1-6H3/t18-/m1/s1. The van der Waals surface area contributed by atoms with Crippen molar-refractivity contribution in [2.75, 3.05) is 26.6 Å². The zero-order valence-electron chi connectivity index (χ0n) is 19.0. The highest BCUT2D eigenvalue weighted by molar-refractivity contribution is 5.83. The summed E-state index contributed by atoms with van der Waals surface area (Å²) in [5.74, 6) is 1.71.